The SMILES string of the molecule is Cc1cc(NC(=O)CSc2nnc3n2CCCCC3)n(-c2ccccc2)n1. The second kappa shape index (κ2) is 7.96. The van der Waals surface area contributed by atoms with Gasteiger partial charge < -0.3 is 9.88 Å². The molecule has 8 heteroatoms. The summed E-state index contributed by atoms with van der Waals surface area (Å²) in [5.74, 6) is 1.91. The first kappa shape index (κ1) is 17.8. The van der Waals surface area contributed by atoms with Crippen molar-refractivity contribution in [2.45, 2.75) is 44.3 Å². The van der Waals surface area contributed by atoms with Gasteiger partial charge in [-0.1, -0.05) is 36.4 Å². The predicted octanol–water partition coefficient (Wildman–Crippen LogP) is 3.23. The first-order valence-electron chi connectivity index (χ1n) is 9.17. The number of nitrogens with zero attached hydrogens (tertiary/aromatic N) is 5. The van der Waals surface area contributed by atoms with Crippen LogP contribution in [0, 0.1) is 6.92 Å². The average Bonchev–Trinajstić information content (AvgIpc) is 3.15. The van der Waals surface area contributed by atoms with Gasteiger partial charge in [-0.3, -0.25) is 4.79 Å². The Morgan fingerprint density at radius 1 is 1.19 bits per heavy atom. The van der Waals surface area contributed by atoms with E-state index in [1.807, 2.05) is 43.3 Å². The van der Waals surface area contributed by atoms with Crippen molar-refractivity contribution in [1.29, 1.82) is 0 Å². The Morgan fingerprint density at radius 2 is 2.04 bits per heavy atom. The van der Waals surface area contributed by atoms with Crippen molar-refractivity contribution >= 4 is 23.5 Å². The Morgan fingerprint density at radius 3 is 2.89 bits per heavy atom. The molecule has 0 unspecified atom stereocenters. The van der Waals surface area contributed by atoms with Crippen LogP contribution in [-0.2, 0) is 17.8 Å². The Hall–Kier alpha value is -2.61. The van der Waals surface area contributed by atoms with Crippen LogP contribution in [0.25, 0.3) is 5.69 Å². The Balaban J connectivity index is 1.43. The molecular formula is C19H22N6OS. The molecule has 0 saturated heterocycles. The van der Waals surface area contributed by atoms with E-state index in [1.165, 1.54) is 18.2 Å². The Labute approximate surface area is 162 Å². The number of carbonyl (C=O) groups is 1. The fraction of sp³-hybridized carbons (Fsp3) is 0.368. The van der Waals surface area contributed by atoms with Crippen LogP contribution in [0.3, 0.4) is 0 Å². The maximum atomic E-state index is 12.5. The summed E-state index contributed by atoms with van der Waals surface area (Å²) < 4.78 is 3.91. The summed E-state index contributed by atoms with van der Waals surface area (Å²) in [6, 6.07) is 11.6. The molecular weight excluding hydrogens is 360 g/mol. The van der Waals surface area contributed by atoms with Gasteiger partial charge in [0, 0.05) is 19.0 Å². The number of hydrogen-bond acceptors (Lipinski definition) is 5. The van der Waals surface area contributed by atoms with Gasteiger partial charge >= 0.3 is 0 Å². The second-order valence-electron chi connectivity index (χ2n) is 6.62. The largest absolute Gasteiger partial charge is 0.310 e. The van der Waals surface area contributed by atoms with Gasteiger partial charge in [0.05, 0.1) is 17.1 Å². The second-order valence-corrected chi connectivity index (χ2v) is 7.56. The van der Waals surface area contributed by atoms with E-state index in [-0.39, 0.29) is 11.7 Å². The van der Waals surface area contributed by atoms with Crippen LogP contribution in [0.2, 0.25) is 0 Å². The molecule has 27 heavy (non-hydrogen) atoms. The van der Waals surface area contributed by atoms with Crippen molar-refractivity contribution in [3.8, 4) is 5.69 Å². The number of aryl methyl sites for hydroxylation is 2. The molecule has 1 aliphatic heterocycles. The van der Waals surface area contributed by atoms with Crippen molar-refractivity contribution in [3.05, 3.63) is 47.9 Å². The van der Waals surface area contributed by atoms with Crippen LogP contribution in [0.1, 0.15) is 30.8 Å². The molecule has 140 valence electrons. The van der Waals surface area contributed by atoms with Crippen molar-refractivity contribution in [3.63, 3.8) is 0 Å². The summed E-state index contributed by atoms with van der Waals surface area (Å²) in [5, 5.41) is 16.8. The first-order valence-corrected chi connectivity index (χ1v) is 10.2. The molecule has 0 atom stereocenters. The smallest absolute Gasteiger partial charge is 0.236 e. The van der Waals surface area contributed by atoms with Crippen molar-refractivity contribution in [2.24, 2.45) is 0 Å². The lowest BCUT2D eigenvalue weighted by Crippen LogP contribution is -2.17. The van der Waals surface area contributed by atoms with Crippen LogP contribution in [-0.4, -0.2) is 36.2 Å². The number of para-hydroxylation sites is 1. The van der Waals surface area contributed by atoms with E-state index in [0.717, 1.165) is 48.2 Å². The third-order valence-electron chi connectivity index (χ3n) is 4.51. The number of thioether (sulfide) groups is 1. The number of benzene rings is 1. The molecule has 1 aliphatic rings. The number of fused-ring (bicyclic) bond motifs is 1. The van der Waals surface area contributed by atoms with E-state index in [2.05, 4.69) is 25.2 Å². The van der Waals surface area contributed by atoms with Crippen LogP contribution in [0.5, 0.6) is 0 Å². The van der Waals surface area contributed by atoms with E-state index in [9.17, 15) is 4.79 Å². The number of anilines is 1. The summed E-state index contributed by atoms with van der Waals surface area (Å²) >= 11 is 1.43. The van der Waals surface area contributed by atoms with Crippen molar-refractivity contribution in [1.82, 2.24) is 24.5 Å². The molecule has 0 spiro atoms. The Bertz CT molecular complexity index is 933. The lowest BCUT2D eigenvalue weighted by atomic mass is 10.2. The topological polar surface area (TPSA) is 77.6 Å². The zero-order valence-electron chi connectivity index (χ0n) is 15.3. The van der Waals surface area contributed by atoms with Crippen LogP contribution >= 0.6 is 11.8 Å². The molecule has 3 aromatic rings. The fourth-order valence-corrected chi connectivity index (χ4v) is 4.01. The summed E-state index contributed by atoms with van der Waals surface area (Å²) in [7, 11) is 0. The summed E-state index contributed by atoms with van der Waals surface area (Å²) in [5.41, 5.74) is 1.76. The third-order valence-corrected chi connectivity index (χ3v) is 5.47. The molecule has 1 amide bonds. The van der Waals surface area contributed by atoms with Gasteiger partial charge in [-0.15, -0.1) is 10.2 Å². The maximum absolute atomic E-state index is 12.5. The number of nitrogens with one attached hydrogen (secondary N) is 1. The Kier molecular flexibility index (Phi) is 5.24. The lowest BCUT2D eigenvalue weighted by Gasteiger charge is -2.09. The van der Waals surface area contributed by atoms with Gasteiger partial charge in [0.25, 0.3) is 0 Å². The molecule has 0 aliphatic carbocycles. The maximum Gasteiger partial charge on any atom is 0.236 e. The number of aromatic nitrogens is 5. The molecule has 1 N–H and O–H groups in total. The number of carbonyl (C=O) groups excluding carboxylic acids is 1. The zero-order chi connectivity index (χ0) is 18.6. The van der Waals surface area contributed by atoms with E-state index >= 15 is 0 Å². The fourth-order valence-electron chi connectivity index (χ4n) is 3.23. The third kappa shape index (κ3) is 4.05. The van der Waals surface area contributed by atoms with E-state index < -0.39 is 0 Å². The highest BCUT2D eigenvalue weighted by atomic mass is 32.2. The summed E-state index contributed by atoms with van der Waals surface area (Å²) in [6.07, 6.45) is 4.48. The minimum Gasteiger partial charge on any atom is -0.310 e. The monoisotopic (exact) mass is 382 g/mol. The molecule has 3 heterocycles. The standard InChI is InChI=1S/C19H22N6OS/c1-14-12-17(25(23-14)15-8-4-2-5-9-15)20-18(26)13-27-19-22-21-16-10-6-3-7-11-24(16)19/h2,4-5,8-9,12H,3,6-7,10-11,13H2,1H3,(H,20,26). The van der Waals surface area contributed by atoms with Gasteiger partial charge in [-0.2, -0.15) is 5.10 Å². The van der Waals surface area contributed by atoms with E-state index in [4.69, 9.17) is 0 Å². The van der Waals surface area contributed by atoms with Gasteiger partial charge in [0.15, 0.2) is 5.16 Å². The van der Waals surface area contributed by atoms with Crippen molar-refractivity contribution < 1.29 is 4.79 Å². The van der Waals surface area contributed by atoms with Gasteiger partial charge in [-0.25, -0.2) is 4.68 Å². The van der Waals surface area contributed by atoms with Crippen LogP contribution < -0.4 is 5.32 Å². The zero-order valence-corrected chi connectivity index (χ0v) is 16.1. The van der Waals surface area contributed by atoms with Crippen molar-refractivity contribution in [2.75, 3.05) is 11.1 Å². The minimum atomic E-state index is -0.0805. The molecule has 0 fully saturated rings. The molecule has 0 radical (unpaired) electrons. The highest BCUT2D eigenvalue weighted by Crippen LogP contribution is 2.22. The predicted molar refractivity (Wildman–Crippen MR) is 105 cm³/mol. The molecule has 1 aromatic carbocycles. The summed E-state index contributed by atoms with van der Waals surface area (Å²) in [4.78, 5) is 12.5. The normalized spacial score (nSPS) is 13.8. The van der Waals surface area contributed by atoms with E-state index in [0.29, 0.717) is 5.82 Å². The van der Waals surface area contributed by atoms with Gasteiger partial charge in [-0.05, 0) is 31.9 Å². The highest BCUT2D eigenvalue weighted by Gasteiger charge is 2.17. The first-order chi connectivity index (χ1) is 13.2. The van der Waals surface area contributed by atoms with E-state index in [1.54, 1.807) is 4.68 Å². The summed E-state index contributed by atoms with van der Waals surface area (Å²) in [6.45, 7) is 2.85. The minimum absolute atomic E-state index is 0.0805. The lowest BCUT2D eigenvalue weighted by molar-refractivity contribution is -0.113. The molecule has 0 saturated carbocycles. The molecule has 4 rings (SSSR count). The molecule has 7 nitrogen and oxygen atoms in total. The number of hydrogen-bond donors (Lipinski definition) is 1. The quantitative estimate of drug-likeness (QED) is 0.686. The van der Waals surface area contributed by atoms with Gasteiger partial charge in [0.1, 0.15) is 11.6 Å². The average molecular weight is 382 g/mol. The van der Waals surface area contributed by atoms with Gasteiger partial charge in [0.2, 0.25) is 5.91 Å². The molecule has 2 aromatic heterocycles. The van der Waals surface area contributed by atoms with Crippen LogP contribution in [0.15, 0.2) is 41.6 Å². The molecule has 0 bridgehead atoms. The number of amides is 1. The van der Waals surface area contributed by atoms with Crippen LogP contribution in [0.4, 0.5) is 5.82 Å². The number of rotatable bonds is 5. The highest BCUT2D eigenvalue weighted by molar-refractivity contribution is 7.99.